The van der Waals surface area contributed by atoms with Gasteiger partial charge in [-0.15, -0.1) is 0 Å². The molecule has 20 heavy (non-hydrogen) atoms. The van der Waals surface area contributed by atoms with Gasteiger partial charge in [0, 0.05) is 14.2 Å². The Balaban J connectivity index is 2.60. The van der Waals surface area contributed by atoms with Gasteiger partial charge in [-0.25, -0.2) is 9.59 Å². The molecular formula is C14H18O6. The summed E-state index contributed by atoms with van der Waals surface area (Å²) < 4.78 is 19.5. The molecular weight excluding hydrogens is 264 g/mol. The maximum Gasteiger partial charge on any atom is 0.338 e. The Hall–Kier alpha value is -1.92. The Morgan fingerprint density at radius 1 is 0.850 bits per heavy atom. The van der Waals surface area contributed by atoms with E-state index in [1.807, 2.05) is 0 Å². The maximum atomic E-state index is 11.7. The normalized spacial score (nSPS) is 10.1. The highest BCUT2D eigenvalue weighted by atomic mass is 16.6. The number of hydrogen-bond donors (Lipinski definition) is 0. The number of ether oxygens (including phenoxy) is 4. The van der Waals surface area contributed by atoms with Crippen molar-refractivity contribution in [2.45, 2.75) is 0 Å². The predicted molar refractivity (Wildman–Crippen MR) is 70.8 cm³/mol. The molecule has 0 aliphatic rings. The lowest BCUT2D eigenvalue weighted by Gasteiger charge is -2.06. The van der Waals surface area contributed by atoms with Gasteiger partial charge in [-0.1, -0.05) is 6.07 Å². The average molecular weight is 282 g/mol. The number of carbonyl (C=O) groups is 2. The summed E-state index contributed by atoms with van der Waals surface area (Å²) in [5.41, 5.74) is 0.588. The third-order valence-corrected chi connectivity index (χ3v) is 2.38. The van der Waals surface area contributed by atoms with Crippen LogP contribution in [-0.4, -0.2) is 52.6 Å². The van der Waals surface area contributed by atoms with Crippen molar-refractivity contribution in [1.29, 1.82) is 0 Å². The second-order valence-corrected chi connectivity index (χ2v) is 3.84. The molecule has 0 aliphatic heterocycles. The summed E-state index contributed by atoms with van der Waals surface area (Å²) in [6.45, 7) is 0.977. The van der Waals surface area contributed by atoms with Crippen LogP contribution in [0.4, 0.5) is 0 Å². The van der Waals surface area contributed by atoms with Crippen LogP contribution in [0.25, 0.3) is 0 Å². The number of hydrogen-bond acceptors (Lipinski definition) is 6. The molecule has 0 aromatic heterocycles. The zero-order valence-electron chi connectivity index (χ0n) is 11.6. The van der Waals surface area contributed by atoms with Crippen LogP contribution in [-0.2, 0) is 18.9 Å². The van der Waals surface area contributed by atoms with Crippen LogP contribution < -0.4 is 0 Å². The van der Waals surface area contributed by atoms with Crippen molar-refractivity contribution in [2.24, 2.45) is 0 Å². The van der Waals surface area contributed by atoms with E-state index >= 15 is 0 Å². The van der Waals surface area contributed by atoms with Crippen molar-refractivity contribution < 1.29 is 28.5 Å². The van der Waals surface area contributed by atoms with E-state index in [-0.39, 0.29) is 13.2 Å². The maximum absolute atomic E-state index is 11.7. The molecule has 0 fully saturated rings. The topological polar surface area (TPSA) is 71.1 Å². The minimum Gasteiger partial charge on any atom is -0.460 e. The molecule has 0 saturated carbocycles. The van der Waals surface area contributed by atoms with Gasteiger partial charge in [0.05, 0.1) is 24.3 Å². The smallest absolute Gasteiger partial charge is 0.338 e. The van der Waals surface area contributed by atoms with E-state index in [0.717, 1.165) is 0 Å². The predicted octanol–water partition coefficient (Wildman–Crippen LogP) is 1.29. The van der Waals surface area contributed by atoms with Gasteiger partial charge in [-0.05, 0) is 18.2 Å². The zero-order chi connectivity index (χ0) is 14.8. The van der Waals surface area contributed by atoms with E-state index in [4.69, 9.17) is 18.9 Å². The van der Waals surface area contributed by atoms with E-state index in [9.17, 15) is 9.59 Å². The highest BCUT2D eigenvalue weighted by molar-refractivity contribution is 5.95. The van der Waals surface area contributed by atoms with Gasteiger partial charge in [-0.2, -0.15) is 0 Å². The molecule has 0 N–H and O–H groups in total. The van der Waals surface area contributed by atoms with Gasteiger partial charge in [-0.3, -0.25) is 0 Å². The first-order valence-electron chi connectivity index (χ1n) is 6.11. The molecule has 0 saturated heterocycles. The van der Waals surface area contributed by atoms with Crippen molar-refractivity contribution in [3.63, 3.8) is 0 Å². The van der Waals surface area contributed by atoms with Crippen LogP contribution in [0.5, 0.6) is 0 Å². The van der Waals surface area contributed by atoms with Crippen molar-refractivity contribution in [2.75, 3.05) is 40.6 Å². The molecule has 0 unspecified atom stereocenters. The summed E-state index contributed by atoms with van der Waals surface area (Å²) in [4.78, 5) is 23.4. The van der Waals surface area contributed by atoms with Crippen molar-refractivity contribution >= 4 is 11.9 Å². The second kappa shape index (κ2) is 9.06. The van der Waals surface area contributed by atoms with Crippen molar-refractivity contribution in [1.82, 2.24) is 0 Å². The summed E-state index contributed by atoms with van der Waals surface area (Å²) >= 11 is 0. The average Bonchev–Trinajstić information content (AvgIpc) is 2.47. The molecule has 1 aromatic rings. The quantitative estimate of drug-likeness (QED) is 0.528. The molecule has 0 spiro atoms. The second-order valence-electron chi connectivity index (χ2n) is 3.84. The van der Waals surface area contributed by atoms with Gasteiger partial charge < -0.3 is 18.9 Å². The molecule has 110 valence electrons. The summed E-state index contributed by atoms with van der Waals surface area (Å²) in [5, 5.41) is 0. The highest BCUT2D eigenvalue weighted by Gasteiger charge is 2.12. The Kier molecular flexibility index (Phi) is 7.31. The van der Waals surface area contributed by atoms with E-state index < -0.39 is 11.9 Å². The van der Waals surface area contributed by atoms with E-state index in [1.165, 1.54) is 20.3 Å². The van der Waals surface area contributed by atoms with Crippen LogP contribution in [0, 0.1) is 0 Å². The third kappa shape index (κ3) is 5.38. The number of benzene rings is 1. The first-order chi connectivity index (χ1) is 9.69. The lowest BCUT2D eigenvalue weighted by Crippen LogP contribution is -2.13. The zero-order valence-corrected chi connectivity index (χ0v) is 11.6. The largest absolute Gasteiger partial charge is 0.460 e. The SMILES string of the molecule is COCCOC(=O)c1cccc(C(=O)OCCOC)c1. The van der Waals surface area contributed by atoms with Crippen LogP contribution in [0.15, 0.2) is 24.3 Å². The standard InChI is InChI=1S/C14H18O6/c1-17-6-8-19-13(15)11-4-3-5-12(10-11)14(16)20-9-7-18-2/h3-5,10H,6-9H2,1-2H3. The Morgan fingerprint density at radius 2 is 1.30 bits per heavy atom. The molecule has 0 atom stereocenters. The fraction of sp³-hybridized carbons (Fsp3) is 0.429. The first kappa shape index (κ1) is 16.1. The third-order valence-electron chi connectivity index (χ3n) is 2.38. The molecule has 1 aromatic carbocycles. The van der Waals surface area contributed by atoms with E-state index in [0.29, 0.717) is 24.3 Å². The van der Waals surface area contributed by atoms with Crippen LogP contribution in [0.3, 0.4) is 0 Å². The van der Waals surface area contributed by atoms with Crippen LogP contribution in [0.2, 0.25) is 0 Å². The summed E-state index contributed by atoms with van der Waals surface area (Å²) in [6, 6.07) is 6.17. The van der Waals surface area contributed by atoms with Gasteiger partial charge in [0.2, 0.25) is 0 Å². The summed E-state index contributed by atoms with van der Waals surface area (Å²) in [7, 11) is 3.04. The van der Waals surface area contributed by atoms with Gasteiger partial charge in [0.1, 0.15) is 13.2 Å². The molecule has 1 rings (SSSR count). The number of rotatable bonds is 8. The first-order valence-corrected chi connectivity index (χ1v) is 6.11. The van der Waals surface area contributed by atoms with Gasteiger partial charge in [0.25, 0.3) is 0 Å². The fourth-order valence-electron chi connectivity index (χ4n) is 1.38. The molecule has 0 radical (unpaired) electrons. The van der Waals surface area contributed by atoms with E-state index in [1.54, 1.807) is 18.2 Å². The minimum atomic E-state index is -0.506. The lowest BCUT2D eigenvalue weighted by atomic mass is 10.1. The molecule has 0 aliphatic carbocycles. The molecule has 0 amide bonds. The monoisotopic (exact) mass is 282 g/mol. The van der Waals surface area contributed by atoms with Crippen LogP contribution in [0.1, 0.15) is 20.7 Å². The highest BCUT2D eigenvalue weighted by Crippen LogP contribution is 2.08. The molecule has 6 nitrogen and oxygen atoms in total. The van der Waals surface area contributed by atoms with Gasteiger partial charge >= 0.3 is 11.9 Å². The number of esters is 2. The Labute approximate surface area is 117 Å². The minimum absolute atomic E-state index is 0.165. The number of carbonyl (C=O) groups excluding carboxylic acids is 2. The Morgan fingerprint density at radius 3 is 1.70 bits per heavy atom. The van der Waals surface area contributed by atoms with Crippen LogP contribution >= 0.6 is 0 Å². The lowest BCUT2D eigenvalue weighted by molar-refractivity contribution is 0.0385. The summed E-state index contributed by atoms with van der Waals surface area (Å²) in [5.74, 6) is -1.01. The van der Waals surface area contributed by atoms with Gasteiger partial charge in [0.15, 0.2) is 0 Å². The van der Waals surface area contributed by atoms with Crippen molar-refractivity contribution in [3.8, 4) is 0 Å². The van der Waals surface area contributed by atoms with E-state index in [2.05, 4.69) is 0 Å². The molecule has 0 heterocycles. The molecule has 0 bridgehead atoms. The fourth-order valence-corrected chi connectivity index (χ4v) is 1.38. The summed E-state index contributed by atoms with van der Waals surface area (Å²) in [6.07, 6.45) is 0. The van der Waals surface area contributed by atoms with Crippen molar-refractivity contribution in [3.05, 3.63) is 35.4 Å². The molecule has 6 heteroatoms. The number of methoxy groups -OCH3 is 2. The Bertz CT molecular complexity index is 406.